The third kappa shape index (κ3) is 6.20. The molecule has 24 heavy (non-hydrogen) atoms. The highest BCUT2D eigenvalue weighted by atomic mass is 16.5. The number of anilines is 2. The van der Waals surface area contributed by atoms with Crippen molar-refractivity contribution in [1.29, 1.82) is 0 Å². The van der Waals surface area contributed by atoms with Gasteiger partial charge < -0.3 is 20.3 Å². The molecule has 0 aromatic heterocycles. The molecule has 0 unspecified atom stereocenters. The highest BCUT2D eigenvalue weighted by Gasteiger charge is 2.15. The van der Waals surface area contributed by atoms with Crippen LogP contribution < -0.4 is 15.5 Å². The molecule has 6 heteroatoms. The molecule has 0 saturated carbocycles. The summed E-state index contributed by atoms with van der Waals surface area (Å²) < 4.78 is 5.26. The van der Waals surface area contributed by atoms with Crippen LogP contribution in [0.2, 0.25) is 0 Å². The predicted octanol–water partition coefficient (Wildman–Crippen LogP) is 2.50. The second-order valence-electron chi connectivity index (χ2n) is 6.08. The quantitative estimate of drug-likeness (QED) is 0.680. The molecule has 0 fully saturated rings. The Morgan fingerprint density at radius 2 is 1.96 bits per heavy atom. The Balaban J connectivity index is 2.84. The van der Waals surface area contributed by atoms with Gasteiger partial charge in [0.1, 0.15) is 0 Å². The highest BCUT2D eigenvalue weighted by molar-refractivity contribution is 6.02. The van der Waals surface area contributed by atoms with Crippen molar-refractivity contribution >= 4 is 23.2 Å². The number of carbonyl (C=O) groups is 2. The zero-order valence-electron chi connectivity index (χ0n) is 15.3. The van der Waals surface area contributed by atoms with E-state index in [1.165, 1.54) is 0 Å². The van der Waals surface area contributed by atoms with E-state index >= 15 is 0 Å². The fourth-order valence-corrected chi connectivity index (χ4v) is 2.09. The minimum absolute atomic E-state index is 0.0734. The molecule has 0 aliphatic heterocycles. The Morgan fingerprint density at radius 3 is 2.54 bits per heavy atom. The van der Waals surface area contributed by atoms with Gasteiger partial charge in [-0.25, -0.2) is 0 Å². The molecule has 2 N–H and O–H groups in total. The first-order chi connectivity index (χ1) is 11.4. The number of amides is 2. The summed E-state index contributed by atoms with van der Waals surface area (Å²) in [5.74, 6) is -0.346. The van der Waals surface area contributed by atoms with Crippen LogP contribution in [0.15, 0.2) is 18.2 Å². The van der Waals surface area contributed by atoms with E-state index in [1.807, 2.05) is 51.9 Å². The predicted molar refractivity (Wildman–Crippen MR) is 97.7 cm³/mol. The van der Waals surface area contributed by atoms with Gasteiger partial charge in [0.25, 0.3) is 5.91 Å². The second kappa shape index (κ2) is 9.93. The molecule has 1 aromatic carbocycles. The average Bonchev–Trinajstić information content (AvgIpc) is 2.54. The van der Waals surface area contributed by atoms with Crippen LogP contribution in [0.5, 0.6) is 0 Å². The van der Waals surface area contributed by atoms with E-state index < -0.39 is 0 Å². The van der Waals surface area contributed by atoms with Crippen LogP contribution in [0, 0.1) is 5.92 Å². The lowest BCUT2D eigenvalue weighted by Gasteiger charge is -2.19. The van der Waals surface area contributed by atoms with Crippen molar-refractivity contribution in [3.8, 4) is 0 Å². The molecule has 1 rings (SSSR count). The van der Waals surface area contributed by atoms with Gasteiger partial charge in [-0.05, 0) is 31.5 Å². The van der Waals surface area contributed by atoms with Gasteiger partial charge in [0, 0.05) is 51.1 Å². The third-order valence-corrected chi connectivity index (χ3v) is 3.47. The van der Waals surface area contributed by atoms with Crippen molar-refractivity contribution in [2.24, 2.45) is 5.92 Å². The molecule has 0 saturated heterocycles. The first-order valence-electron chi connectivity index (χ1n) is 8.35. The van der Waals surface area contributed by atoms with Crippen LogP contribution in [0.4, 0.5) is 11.4 Å². The molecule has 134 valence electrons. The Morgan fingerprint density at radius 1 is 1.25 bits per heavy atom. The number of hydrogen-bond acceptors (Lipinski definition) is 4. The van der Waals surface area contributed by atoms with E-state index in [2.05, 4.69) is 10.6 Å². The molecule has 0 radical (unpaired) electrons. The first-order valence-corrected chi connectivity index (χ1v) is 8.35. The summed E-state index contributed by atoms with van der Waals surface area (Å²) in [6, 6.07) is 5.36. The van der Waals surface area contributed by atoms with Crippen LogP contribution in [0.25, 0.3) is 0 Å². The number of ether oxygens (including phenoxy) is 1. The number of benzene rings is 1. The number of carbonyl (C=O) groups excluding carboxylic acids is 2. The van der Waals surface area contributed by atoms with E-state index in [4.69, 9.17) is 4.74 Å². The largest absolute Gasteiger partial charge is 0.382 e. The molecule has 1 aromatic rings. The van der Waals surface area contributed by atoms with Gasteiger partial charge in [-0.15, -0.1) is 0 Å². The molecule has 2 amide bonds. The van der Waals surface area contributed by atoms with Crippen molar-refractivity contribution in [2.45, 2.75) is 27.2 Å². The fraction of sp³-hybridized carbons (Fsp3) is 0.556. The topological polar surface area (TPSA) is 70.7 Å². The van der Waals surface area contributed by atoms with E-state index in [0.717, 1.165) is 12.1 Å². The Hall–Kier alpha value is -2.08. The maximum absolute atomic E-state index is 12.5. The van der Waals surface area contributed by atoms with E-state index in [9.17, 15) is 9.59 Å². The van der Waals surface area contributed by atoms with E-state index in [0.29, 0.717) is 31.0 Å². The summed E-state index contributed by atoms with van der Waals surface area (Å²) in [5.41, 5.74) is 1.97. The minimum atomic E-state index is -0.157. The monoisotopic (exact) mass is 335 g/mol. The maximum atomic E-state index is 12.5. The number of nitrogens with one attached hydrogen (secondary N) is 2. The molecule has 0 aliphatic carbocycles. The Kier molecular flexibility index (Phi) is 8.26. The van der Waals surface area contributed by atoms with Crippen molar-refractivity contribution in [2.75, 3.05) is 44.1 Å². The number of rotatable bonds is 9. The number of nitrogens with zero attached hydrogens (tertiary/aromatic N) is 1. The average molecular weight is 335 g/mol. The van der Waals surface area contributed by atoms with Gasteiger partial charge in [0.05, 0.1) is 5.56 Å². The Labute approximate surface area is 144 Å². The molecular weight excluding hydrogens is 306 g/mol. The number of hydrogen-bond donors (Lipinski definition) is 2. The summed E-state index contributed by atoms with van der Waals surface area (Å²) >= 11 is 0. The standard InChI is InChI=1S/C18H29N3O3/c1-6-24-11-7-10-19-18(23)15-12-14(20-17(22)13(2)3)8-9-16(15)21(4)5/h8-9,12-13H,6-7,10-11H2,1-5H3,(H,19,23)(H,20,22). The van der Waals surface area contributed by atoms with Crippen molar-refractivity contribution in [3.63, 3.8) is 0 Å². The second-order valence-corrected chi connectivity index (χ2v) is 6.08. The van der Waals surface area contributed by atoms with Crippen LogP contribution >= 0.6 is 0 Å². The minimum Gasteiger partial charge on any atom is -0.382 e. The lowest BCUT2D eigenvalue weighted by atomic mass is 10.1. The van der Waals surface area contributed by atoms with E-state index in [-0.39, 0.29) is 17.7 Å². The normalized spacial score (nSPS) is 10.6. The lowest BCUT2D eigenvalue weighted by Crippen LogP contribution is -2.27. The highest BCUT2D eigenvalue weighted by Crippen LogP contribution is 2.23. The van der Waals surface area contributed by atoms with Gasteiger partial charge in [0.2, 0.25) is 5.91 Å². The lowest BCUT2D eigenvalue weighted by molar-refractivity contribution is -0.118. The van der Waals surface area contributed by atoms with Gasteiger partial charge in [0.15, 0.2) is 0 Å². The van der Waals surface area contributed by atoms with Crippen LogP contribution in [-0.2, 0) is 9.53 Å². The molecule has 0 heterocycles. The smallest absolute Gasteiger partial charge is 0.253 e. The fourth-order valence-electron chi connectivity index (χ4n) is 2.09. The van der Waals surface area contributed by atoms with E-state index in [1.54, 1.807) is 6.07 Å². The first kappa shape index (κ1) is 20.0. The third-order valence-electron chi connectivity index (χ3n) is 3.47. The molecule has 6 nitrogen and oxygen atoms in total. The Bertz CT molecular complexity index is 556. The van der Waals surface area contributed by atoms with Gasteiger partial charge in [-0.2, -0.15) is 0 Å². The van der Waals surface area contributed by atoms with Gasteiger partial charge >= 0.3 is 0 Å². The molecule has 0 bridgehead atoms. The summed E-state index contributed by atoms with van der Waals surface area (Å²) in [5, 5.41) is 5.73. The van der Waals surface area contributed by atoms with Crippen molar-refractivity contribution in [1.82, 2.24) is 5.32 Å². The molecule has 0 atom stereocenters. The van der Waals surface area contributed by atoms with Crippen molar-refractivity contribution < 1.29 is 14.3 Å². The summed E-state index contributed by atoms with van der Waals surface area (Å²) in [4.78, 5) is 26.2. The summed E-state index contributed by atoms with van der Waals surface area (Å²) in [6.07, 6.45) is 0.765. The SMILES string of the molecule is CCOCCCNC(=O)c1cc(NC(=O)C(C)C)ccc1N(C)C. The molecular formula is C18H29N3O3. The summed E-state index contributed by atoms with van der Waals surface area (Å²) in [6.45, 7) is 7.45. The van der Waals surface area contributed by atoms with Crippen LogP contribution in [0.1, 0.15) is 37.6 Å². The molecule has 0 spiro atoms. The zero-order chi connectivity index (χ0) is 18.1. The van der Waals surface area contributed by atoms with Gasteiger partial charge in [-0.3, -0.25) is 9.59 Å². The van der Waals surface area contributed by atoms with Crippen LogP contribution in [-0.4, -0.2) is 45.7 Å². The maximum Gasteiger partial charge on any atom is 0.253 e. The van der Waals surface area contributed by atoms with Gasteiger partial charge in [-0.1, -0.05) is 13.8 Å². The summed E-state index contributed by atoms with van der Waals surface area (Å²) in [7, 11) is 3.77. The van der Waals surface area contributed by atoms with Crippen LogP contribution in [0.3, 0.4) is 0 Å². The molecule has 0 aliphatic rings. The van der Waals surface area contributed by atoms with Crippen molar-refractivity contribution in [3.05, 3.63) is 23.8 Å². The zero-order valence-corrected chi connectivity index (χ0v) is 15.3.